The first-order chi connectivity index (χ1) is 36.0. The maximum Gasteiger partial charge on any atom is 0.305 e. The highest BCUT2D eigenvalue weighted by molar-refractivity contribution is 5.76. The lowest BCUT2D eigenvalue weighted by atomic mass is 10.0. The summed E-state index contributed by atoms with van der Waals surface area (Å²) in [5.41, 5.74) is 0. The molecule has 2 unspecified atom stereocenters. The zero-order valence-corrected chi connectivity index (χ0v) is 49.4. The van der Waals surface area contributed by atoms with Crippen LogP contribution in [0.4, 0.5) is 0 Å². The van der Waals surface area contributed by atoms with Crippen molar-refractivity contribution in [2.75, 3.05) is 13.2 Å². The van der Waals surface area contributed by atoms with Gasteiger partial charge in [0.2, 0.25) is 5.91 Å². The lowest BCUT2D eigenvalue weighted by Gasteiger charge is -2.22. The number of carbonyl (C=O) groups is 2. The van der Waals surface area contributed by atoms with Crippen molar-refractivity contribution in [3.05, 3.63) is 24.3 Å². The molecule has 0 bridgehead atoms. The smallest absolute Gasteiger partial charge is 0.305 e. The van der Waals surface area contributed by atoms with Crippen molar-refractivity contribution >= 4 is 11.9 Å². The molecule has 0 aromatic heterocycles. The Morgan fingerprint density at radius 2 is 0.658 bits per heavy atom. The average Bonchev–Trinajstić information content (AvgIpc) is 3.39. The Labute approximate surface area is 456 Å². The molecular weight excluding hydrogens is 899 g/mol. The minimum atomic E-state index is -0.662. The van der Waals surface area contributed by atoms with Crippen molar-refractivity contribution in [1.82, 2.24) is 5.32 Å². The molecule has 0 heterocycles. The Kier molecular flexibility index (Phi) is 61.4. The molecule has 73 heavy (non-hydrogen) atoms. The highest BCUT2D eigenvalue weighted by Gasteiger charge is 2.20. The number of aliphatic hydroxyl groups excluding tert-OH is 2. The van der Waals surface area contributed by atoms with Gasteiger partial charge in [0.25, 0.3) is 0 Å². The van der Waals surface area contributed by atoms with E-state index in [9.17, 15) is 19.8 Å². The monoisotopic (exact) mass is 1030 g/mol. The molecular formula is C67H129NO5. The lowest BCUT2D eigenvalue weighted by molar-refractivity contribution is -0.143. The fourth-order valence-corrected chi connectivity index (χ4v) is 10.4. The molecule has 0 aromatic rings. The predicted octanol–water partition coefficient (Wildman–Crippen LogP) is 21.0. The molecule has 0 saturated carbocycles. The quantitative estimate of drug-likeness (QED) is 0.0320. The Hall–Kier alpha value is -1.66. The fraction of sp³-hybridized carbons (Fsp3) is 0.910. The van der Waals surface area contributed by atoms with E-state index in [1.807, 2.05) is 0 Å². The molecule has 0 aliphatic rings. The maximum absolute atomic E-state index is 12.5. The summed E-state index contributed by atoms with van der Waals surface area (Å²) in [5, 5.41) is 23.3. The zero-order valence-electron chi connectivity index (χ0n) is 49.4. The molecule has 432 valence electrons. The van der Waals surface area contributed by atoms with Crippen LogP contribution in [-0.4, -0.2) is 47.4 Å². The highest BCUT2D eigenvalue weighted by atomic mass is 16.5. The third kappa shape index (κ3) is 59.4. The molecule has 0 aromatic carbocycles. The number of carbonyl (C=O) groups excluding carboxylic acids is 2. The second-order valence-corrected chi connectivity index (χ2v) is 22.8. The van der Waals surface area contributed by atoms with E-state index in [1.165, 1.54) is 289 Å². The van der Waals surface area contributed by atoms with Crippen molar-refractivity contribution in [2.24, 2.45) is 0 Å². The van der Waals surface area contributed by atoms with E-state index in [4.69, 9.17) is 4.74 Å². The van der Waals surface area contributed by atoms with Gasteiger partial charge in [-0.25, -0.2) is 0 Å². The first kappa shape index (κ1) is 71.3. The second kappa shape index (κ2) is 62.9. The summed E-state index contributed by atoms with van der Waals surface area (Å²) in [7, 11) is 0. The van der Waals surface area contributed by atoms with Crippen molar-refractivity contribution in [2.45, 2.75) is 379 Å². The molecule has 0 saturated heterocycles. The topological polar surface area (TPSA) is 95.9 Å². The van der Waals surface area contributed by atoms with E-state index in [-0.39, 0.29) is 18.5 Å². The molecule has 1 amide bonds. The second-order valence-electron chi connectivity index (χ2n) is 22.8. The number of esters is 1. The summed E-state index contributed by atoms with van der Waals surface area (Å²) in [4.78, 5) is 24.5. The number of nitrogens with one attached hydrogen (secondary N) is 1. The summed E-state index contributed by atoms with van der Waals surface area (Å²) >= 11 is 0. The van der Waals surface area contributed by atoms with Gasteiger partial charge in [0, 0.05) is 12.8 Å². The highest BCUT2D eigenvalue weighted by Crippen LogP contribution is 2.18. The van der Waals surface area contributed by atoms with Crippen LogP contribution in [0.2, 0.25) is 0 Å². The third-order valence-electron chi connectivity index (χ3n) is 15.5. The van der Waals surface area contributed by atoms with Gasteiger partial charge in [-0.15, -0.1) is 0 Å². The number of allylic oxidation sites excluding steroid dienone is 4. The van der Waals surface area contributed by atoms with Gasteiger partial charge in [-0.3, -0.25) is 9.59 Å². The summed E-state index contributed by atoms with van der Waals surface area (Å²) < 4.78 is 5.46. The number of amides is 1. The van der Waals surface area contributed by atoms with Crippen LogP contribution in [0, 0.1) is 0 Å². The first-order valence-electron chi connectivity index (χ1n) is 33.1. The SMILES string of the molecule is CCCC/C=C\CCCCCCCC(=O)OCCCCCCCCCCCCCC/C=C\CCCCCCCCCCCCCCCCC(=O)NC(CO)C(O)CCCCCCCCCCCCCCCCC. The van der Waals surface area contributed by atoms with Crippen LogP contribution < -0.4 is 5.32 Å². The molecule has 0 aliphatic carbocycles. The van der Waals surface area contributed by atoms with Crippen LogP contribution in [0.15, 0.2) is 24.3 Å². The van der Waals surface area contributed by atoms with Crippen LogP contribution in [-0.2, 0) is 14.3 Å². The van der Waals surface area contributed by atoms with Crippen LogP contribution in [0.25, 0.3) is 0 Å². The summed E-state index contributed by atoms with van der Waals surface area (Å²) in [5.74, 6) is -0.0247. The van der Waals surface area contributed by atoms with Gasteiger partial charge in [0.15, 0.2) is 0 Å². The molecule has 0 radical (unpaired) electrons. The van der Waals surface area contributed by atoms with E-state index >= 15 is 0 Å². The number of aliphatic hydroxyl groups is 2. The van der Waals surface area contributed by atoms with Crippen molar-refractivity contribution < 1.29 is 24.5 Å². The Balaban J connectivity index is 3.36. The maximum atomic E-state index is 12.5. The van der Waals surface area contributed by atoms with Crippen LogP contribution in [0.3, 0.4) is 0 Å². The van der Waals surface area contributed by atoms with Crippen molar-refractivity contribution in [3.8, 4) is 0 Å². The summed E-state index contributed by atoms with van der Waals surface area (Å²) in [6, 6.07) is -0.540. The number of hydrogen-bond donors (Lipinski definition) is 3. The number of ether oxygens (including phenoxy) is 1. The Morgan fingerprint density at radius 3 is 1.01 bits per heavy atom. The molecule has 6 nitrogen and oxygen atoms in total. The van der Waals surface area contributed by atoms with Crippen LogP contribution in [0.1, 0.15) is 367 Å². The molecule has 0 rings (SSSR count). The van der Waals surface area contributed by atoms with E-state index in [1.54, 1.807) is 0 Å². The molecule has 0 fully saturated rings. The minimum Gasteiger partial charge on any atom is -0.466 e. The van der Waals surface area contributed by atoms with Crippen molar-refractivity contribution in [3.63, 3.8) is 0 Å². The van der Waals surface area contributed by atoms with Gasteiger partial charge in [-0.05, 0) is 70.6 Å². The number of hydrogen-bond acceptors (Lipinski definition) is 5. The normalized spacial score (nSPS) is 12.7. The average molecular weight is 1030 g/mol. The summed E-state index contributed by atoms with van der Waals surface area (Å²) in [6.07, 6.45) is 77.9. The van der Waals surface area contributed by atoms with E-state index in [0.717, 1.165) is 44.9 Å². The zero-order chi connectivity index (χ0) is 52.9. The number of rotatable bonds is 62. The molecule has 2 atom stereocenters. The van der Waals surface area contributed by atoms with Gasteiger partial charge in [0.1, 0.15) is 0 Å². The van der Waals surface area contributed by atoms with Crippen molar-refractivity contribution in [1.29, 1.82) is 0 Å². The Bertz CT molecular complexity index is 1140. The van der Waals surface area contributed by atoms with Crippen LogP contribution in [0.5, 0.6) is 0 Å². The molecule has 0 spiro atoms. The molecule has 3 N–H and O–H groups in total. The standard InChI is InChI=1S/C67H129NO5/c1-3-5-7-9-11-13-15-16-33-36-40-43-47-51-55-59-65(70)64(63-69)68-66(71)60-56-52-48-44-41-37-34-31-29-27-25-23-21-19-17-18-20-22-24-26-28-30-32-35-38-42-46-50-54-58-62-73-67(72)61-57-53-49-45-39-14-12-10-8-6-4-2/h10,12,18,20,64-65,69-70H,3-9,11,13-17,19,21-63H2,1-2H3,(H,68,71)/b12-10-,20-18-. The van der Waals surface area contributed by atoms with Crippen LogP contribution >= 0.6 is 0 Å². The first-order valence-corrected chi connectivity index (χ1v) is 33.1. The van der Waals surface area contributed by atoms with E-state index in [2.05, 4.69) is 43.5 Å². The Morgan fingerprint density at radius 1 is 0.370 bits per heavy atom. The molecule has 6 heteroatoms. The largest absolute Gasteiger partial charge is 0.466 e. The van der Waals surface area contributed by atoms with Gasteiger partial charge < -0.3 is 20.3 Å². The van der Waals surface area contributed by atoms with Gasteiger partial charge in [0.05, 0.1) is 25.4 Å². The summed E-state index contributed by atoms with van der Waals surface area (Å²) in [6.45, 7) is 4.94. The third-order valence-corrected chi connectivity index (χ3v) is 15.5. The molecule has 0 aliphatic heterocycles. The van der Waals surface area contributed by atoms with Gasteiger partial charge >= 0.3 is 5.97 Å². The van der Waals surface area contributed by atoms with E-state index in [0.29, 0.717) is 25.9 Å². The minimum absolute atomic E-state index is 0.00629. The number of unbranched alkanes of at least 4 members (excludes halogenated alkanes) is 47. The van der Waals surface area contributed by atoms with E-state index < -0.39 is 12.1 Å². The lowest BCUT2D eigenvalue weighted by Crippen LogP contribution is -2.45. The fourth-order valence-electron chi connectivity index (χ4n) is 10.4. The van der Waals surface area contributed by atoms with Gasteiger partial charge in [-0.2, -0.15) is 0 Å². The predicted molar refractivity (Wildman–Crippen MR) is 320 cm³/mol. The van der Waals surface area contributed by atoms with Gasteiger partial charge in [-0.1, -0.05) is 308 Å².